The first-order chi connectivity index (χ1) is 13.9. The second-order valence-electron chi connectivity index (χ2n) is 6.46. The molecule has 1 aliphatic rings. The van der Waals surface area contributed by atoms with E-state index in [0.717, 1.165) is 0 Å². The van der Waals surface area contributed by atoms with Gasteiger partial charge in [-0.05, 0) is 25.1 Å². The second-order valence-corrected chi connectivity index (χ2v) is 6.46. The van der Waals surface area contributed by atoms with Gasteiger partial charge in [-0.3, -0.25) is 14.9 Å². The van der Waals surface area contributed by atoms with Crippen LogP contribution in [0.5, 0.6) is 0 Å². The summed E-state index contributed by atoms with van der Waals surface area (Å²) in [5.41, 5.74) is 6.88. The van der Waals surface area contributed by atoms with Gasteiger partial charge in [-0.15, -0.1) is 5.10 Å². The molecule has 1 unspecified atom stereocenters. The molecule has 1 aromatic heterocycles. The molecule has 2 heterocycles. The minimum Gasteiger partial charge on any atom is -0.366 e. The van der Waals surface area contributed by atoms with Crippen LogP contribution in [0.4, 0.5) is 16.0 Å². The fourth-order valence-electron chi connectivity index (χ4n) is 3.31. The zero-order valence-electron chi connectivity index (χ0n) is 15.2. The molecule has 0 saturated heterocycles. The molecule has 1 aliphatic heterocycles. The summed E-state index contributed by atoms with van der Waals surface area (Å²) in [6.07, 6.45) is 0. The summed E-state index contributed by atoms with van der Waals surface area (Å²) in [5, 5.41) is 18.2. The van der Waals surface area contributed by atoms with Gasteiger partial charge >= 0.3 is 0 Å². The molecule has 9 nitrogen and oxygen atoms in total. The van der Waals surface area contributed by atoms with Gasteiger partial charge in [0.2, 0.25) is 11.9 Å². The van der Waals surface area contributed by atoms with Gasteiger partial charge in [0.1, 0.15) is 11.9 Å². The van der Waals surface area contributed by atoms with E-state index in [9.17, 15) is 19.3 Å². The number of carbonyl (C=O) groups is 1. The Balaban J connectivity index is 1.85. The third-order valence-corrected chi connectivity index (χ3v) is 4.65. The normalized spacial score (nSPS) is 15.6. The fourth-order valence-corrected chi connectivity index (χ4v) is 3.31. The summed E-state index contributed by atoms with van der Waals surface area (Å²) in [6.45, 7) is 1.65. The van der Waals surface area contributed by atoms with Gasteiger partial charge in [0.15, 0.2) is 5.82 Å². The molecule has 0 radical (unpaired) electrons. The summed E-state index contributed by atoms with van der Waals surface area (Å²) < 4.78 is 16.0. The van der Waals surface area contributed by atoms with Gasteiger partial charge < -0.3 is 11.1 Å². The van der Waals surface area contributed by atoms with E-state index in [-0.39, 0.29) is 22.6 Å². The number of nitro groups is 1. The molecule has 10 heteroatoms. The molecule has 0 spiro atoms. The number of aromatic nitrogens is 3. The lowest BCUT2D eigenvalue weighted by atomic mass is 9.95. The summed E-state index contributed by atoms with van der Waals surface area (Å²) in [6, 6.07) is 10.9. The monoisotopic (exact) mass is 394 g/mol. The van der Waals surface area contributed by atoms with E-state index in [1.54, 1.807) is 25.1 Å². The average Bonchev–Trinajstić information content (AvgIpc) is 3.11. The van der Waals surface area contributed by atoms with Crippen molar-refractivity contribution in [1.29, 1.82) is 0 Å². The molecule has 3 aromatic rings. The molecule has 3 N–H and O–H groups in total. The van der Waals surface area contributed by atoms with Crippen molar-refractivity contribution < 1.29 is 14.1 Å². The lowest BCUT2D eigenvalue weighted by Crippen LogP contribution is -2.32. The Morgan fingerprint density at radius 3 is 2.55 bits per heavy atom. The molecule has 29 heavy (non-hydrogen) atoms. The van der Waals surface area contributed by atoms with E-state index in [4.69, 9.17) is 5.73 Å². The van der Waals surface area contributed by atoms with Gasteiger partial charge in [0.25, 0.3) is 5.69 Å². The highest BCUT2D eigenvalue weighted by atomic mass is 19.1. The van der Waals surface area contributed by atoms with Crippen LogP contribution in [-0.2, 0) is 4.79 Å². The van der Waals surface area contributed by atoms with Crippen molar-refractivity contribution in [2.24, 2.45) is 5.73 Å². The number of allylic oxidation sites excluding steroid dienone is 1. The molecule has 0 bridgehead atoms. The number of nitrogens with one attached hydrogen (secondary N) is 1. The number of benzene rings is 2. The maximum absolute atomic E-state index is 14.6. The van der Waals surface area contributed by atoms with Crippen LogP contribution in [0.15, 0.2) is 59.8 Å². The molecule has 2 aromatic carbocycles. The summed E-state index contributed by atoms with van der Waals surface area (Å²) in [7, 11) is 0. The number of amides is 1. The van der Waals surface area contributed by atoms with E-state index in [2.05, 4.69) is 15.4 Å². The number of non-ortho nitro benzene ring substituents is 1. The number of primary amides is 1. The number of hydrogen-bond donors (Lipinski definition) is 2. The molecule has 4 rings (SSSR count). The Morgan fingerprint density at radius 1 is 1.24 bits per heavy atom. The number of anilines is 1. The maximum Gasteiger partial charge on any atom is 0.269 e. The highest BCUT2D eigenvalue weighted by Gasteiger charge is 2.34. The third kappa shape index (κ3) is 3.10. The fraction of sp³-hybridized carbons (Fsp3) is 0.105. The van der Waals surface area contributed by atoms with E-state index in [1.165, 1.54) is 35.0 Å². The summed E-state index contributed by atoms with van der Waals surface area (Å²) in [5.74, 6) is -0.651. The molecular formula is C19H15FN6O3. The van der Waals surface area contributed by atoms with E-state index in [1.807, 2.05) is 0 Å². The quantitative estimate of drug-likeness (QED) is 0.517. The summed E-state index contributed by atoms with van der Waals surface area (Å²) in [4.78, 5) is 26.9. The van der Waals surface area contributed by atoms with Crippen molar-refractivity contribution in [3.8, 4) is 11.4 Å². The lowest BCUT2D eigenvalue weighted by molar-refractivity contribution is -0.384. The van der Waals surface area contributed by atoms with Crippen LogP contribution in [0.2, 0.25) is 0 Å². The predicted molar refractivity (Wildman–Crippen MR) is 102 cm³/mol. The second kappa shape index (κ2) is 6.82. The number of carbonyl (C=O) groups excluding carboxylic acids is 1. The van der Waals surface area contributed by atoms with Crippen molar-refractivity contribution in [2.45, 2.75) is 13.0 Å². The van der Waals surface area contributed by atoms with Crippen molar-refractivity contribution in [3.63, 3.8) is 0 Å². The van der Waals surface area contributed by atoms with Crippen molar-refractivity contribution in [1.82, 2.24) is 14.8 Å². The minimum atomic E-state index is -0.899. The van der Waals surface area contributed by atoms with Crippen LogP contribution >= 0.6 is 0 Å². The number of fused-ring (bicyclic) bond motifs is 1. The molecule has 0 aliphatic carbocycles. The Morgan fingerprint density at radius 2 is 1.93 bits per heavy atom. The minimum absolute atomic E-state index is 0.0615. The van der Waals surface area contributed by atoms with Gasteiger partial charge in [-0.1, -0.05) is 18.2 Å². The molecule has 0 fully saturated rings. The van der Waals surface area contributed by atoms with Crippen LogP contribution in [0, 0.1) is 15.9 Å². The Labute approximate surface area is 163 Å². The molecule has 146 valence electrons. The van der Waals surface area contributed by atoms with Gasteiger partial charge in [-0.2, -0.15) is 4.98 Å². The Hall–Kier alpha value is -4.08. The Kier molecular flexibility index (Phi) is 4.30. The number of nitrogens with zero attached hydrogens (tertiary/aromatic N) is 4. The molecule has 1 atom stereocenters. The third-order valence-electron chi connectivity index (χ3n) is 4.65. The SMILES string of the molecule is CC1=C(C(N)=O)C(c2ccccc2F)n2nc(-c3ccc([N+](=O)[O-])cc3)nc2N1. The van der Waals surface area contributed by atoms with E-state index in [0.29, 0.717) is 17.2 Å². The van der Waals surface area contributed by atoms with Crippen LogP contribution in [0.1, 0.15) is 18.5 Å². The smallest absolute Gasteiger partial charge is 0.269 e. The highest BCUT2D eigenvalue weighted by Crippen LogP contribution is 2.37. The summed E-state index contributed by atoms with van der Waals surface area (Å²) >= 11 is 0. The molecule has 0 saturated carbocycles. The molecule has 1 amide bonds. The van der Waals surface area contributed by atoms with Gasteiger partial charge in [-0.25, -0.2) is 9.07 Å². The average molecular weight is 394 g/mol. The van der Waals surface area contributed by atoms with E-state index < -0.39 is 22.7 Å². The first-order valence-corrected chi connectivity index (χ1v) is 8.60. The Bertz CT molecular complexity index is 1170. The van der Waals surface area contributed by atoms with Gasteiger partial charge in [0.05, 0.1) is 10.5 Å². The number of halogens is 1. The zero-order valence-corrected chi connectivity index (χ0v) is 15.2. The first-order valence-electron chi connectivity index (χ1n) is 8.60. The number of rotatable bonds is 4. The standard InChI is InChI=1S/C19H15FN6O3/c1-10-15(17(21)27)16(13-4-2-3-5-14(13)20)25-19(22-10)23-18(24-25)11-6-8-12(9-7-11)26(28)29/h2-9,16H,1H3,(H2,21,27)(H,22,23,24). The van der Waals surface area contributed by atoms with E-state index >= 15 is 0 Å². The van der Waals surface area contributed by atoms with Crippen LogP contribution in [0.3, 0.4) is 0 Å². The highest BCUT2D eigenvalue weighted by molar-refractivity contribution is 5.95. The number of nitro benzene ring substituents is 1. The predicted octanol–water partition coefficient (Wildman–Crippen LogP) is 2.77. The number of hydrogen-bond acceptors (Lipinski definition) is 6. The van der Waals surface area contributed by atoms with Crippen LogP contribution in [-0.4, -0.2) is 25.6 Å². The van der Waals surface area contributed by atoms with Crippen LogP contribution in [0.25, 0.3) is 11.4 Å². The first kappa shape index (κ1) is 18.3. The maximum atomic E-state index is 14.6. The topological polar surface area (TPSA) is 129 Å². The van der Waals surface area contributed by atoms with Crippen LogP contribution < -0.4 is 11.1 Å². The van der Waals surface area contributed by atoms with Crippen molar-refractivity contribution >= 4 is 17.5 Å². The van der Waals surface area contributed by atoms with Crippen molar-refractivity contribution in [2.75, 3.05) is 5.32 Å². The lowest BCUT2D eigenvalue weighted by Gasteiger charge is -2.27. The van der Waals surface area contributed by atoms with Crippen molar-refractivity contribution in [3.05, 3.63) is 81.3 Å². The zero-order chi connectivity index (χ0) is 20.7. The molecular weight excluding hydrogens is 379 g/mol. The number of nitrogens with two attached hydrogens (primary N) is 1. The van der Waals surface area contributed by atoms with Gasteiger partial charge in [0, 0.05) is 29.0 Å². The largest absolute Gasteiger partial charge is 0.366 e.